The molecule has 6 heteroatoms. The summed E-state index contributed by atoms with van der Waals surface area (Å²) in [6, 6.07) is 3.16. The third-order valence-corrected chi connectivity index (χ3v) is 3.38. The molecule has 6 nitrogen and oxygen atoms in total. The highest BCUT2D eigenvalue weighted by Gasteiger charge is 2.23. The molecule has 22 heavy (non-hydrogen) atoms. The number of hydrogen-bond acceptors (Lipinski definition) is 5. The standard InChI is InChI=1S/C16H22O6/c1-2-3-7-19-9-10-20-8-6-12-13(16(17)18)4-5-14-15(12)22-11-21-14/h4-5H,2-3,6-11H2,1H3,(H,17,18). The molecule has 0 aromatic heterocycles. The van der Waals surface area contributed by atoms with Crippen molar-refractivity contribution in [3.63, 3.8) is 0 Å². The molecule has 0 unspecified atom stereocenters. The Balaban J connectivity index is 1.82. The van der Waals surface area contributed by atoms with E-state index in [9.17, 15) is 9.90 Å². The number of aromatic carboxylic acids is 1. The third-order valence-electron chi connectivity index (χ3n) is 3.38. The van der Waals surface area contributed by atoms with Gasteiger partial charge in [-0.05, 0) is 18.6 Å². The number of carboxylic acid groups (broad SMARTS) is 1. The monoisotopic (exact) mass is 310 g/mol. The molecule has 0 radical (unpaired) electrons. The van der Waals surface area contributed by atoms with Crippen LogP contribution in [0.25, 0.3) is 0 Å². The molecule has 1 N–H and O–H groups in total. The van der Waals surface area contributed by atoms with Crippen molar-refractivity contribution in [3.05, 3.63) is 23.3 Å². The molecule has 1 aromatic rings. The molecule has 0 amide bonds. The Morgan fingerprint density at radius 3 is 2.68 bits per heavy atom. The first-order valence-electron chi connectivity index (χ1n) is 7.54. The predicted molar refractivity (Wildman–Crippen MR) is 79.8 cm³/mol. The number of rotatable bonds is 10. The van der Waals surface area contributed by atoms with Gasteiger partial charge >= 0.3 is 5.97 Å². The molecule has 122 valence electrons. The second kappa shape index (κ2) is 8.60. The Morgan fingerprint density at radius 1 is 1.18 bits per heavy atom. The zero-order valence-electron chi connectivity index (χ0n) is 12.8. The average Bonchev–Trinajstić information content (AvgIpc) is 2.98. The van der Waals surface area contributed by atoms with Gasteiger partial charge in [-0.15, -0.1) is 0 Å². The molecule has 1 heterocycles. The first kappa shape index (κ1) is 16.6. The topological polar surface area (TPSA) is 74.2 Å². The molecule has 1 aromatic carbocycles. The first-order chi connectivity index (χ1) is 10.7. The zero-order valence-corrected chi connectivity index (χ0v) is 12.8. The number of carboxylic acids is 1. The SMILES string of the molecule is CCCCOCCOCCc1c(C(=O)O)ccc2c1OCO2. The average molecular weight is 310 g/mol. The minimum Gasteiger partial charge on any atom is -0.478 e. The van der Waals surface area contributed by atoms with E-state index in [1.165, 1.54) is 0 Å². The number of hydrogen-bond donors (Lipinski definition) is 1. The van der Waals surface area contributed by atoms with Crippen molar-refractivity contribution in [2.45, 2.75) is 26.2 Å². The van der Waals surface area contributed by atoms with Crippen molar-refractivity contribution < 1.29 is 28.8 Å². The Labute approximate surface area is 129 Å². The lowest BCUT2D eigenvalue weighted by Crippen LogP contribution is -2.10. The second-order valence-electron chi connectivity index (χ2n) is 4.96. The normalized spacial score (nSPS) is 12.6. The smallest absolute Gasteiger partial charge is 0.336 e. The lowest BCUT2D eigenvalue weighted by atomic mass is 10.0. The van der Waals surface area contributed by atoms with Crippen molar-refractivity contribution in [3.8, 4) is 11.5 Å². The lowest BCUT2D eigenvalue weighted by Gasteiger charge is -2.10. The van der Waals surface area contributed by atoms with Gasteiger partial charge in [0.2, 0.25) is 6.79 Å². The van der Waals surface area contributed by atoms with Crippen LogP contribution < -0.4 is 9.47 Å². The van der Waals surface area contributed by atoms with Crippen molar-refractivity contribution in [2.24, 2.45) is 0 Å². The van der Waals surface area contributed by atoms with Crippen molar-refractivity contribution >= 4 is 5.97 Å². The predicted octanol–water partition coefficient (Wildman–Crippen LogP) is 2.49. The van der Waals surface area contributed by atoms with Crippen LogP contribution in [0.1, 0.15) is 35.7 Å². The summed E-state index contributed by atoms with van der Waals surface area (Å²) in [4.78, 5) is 11.3. The summed E-state index contributed by atoms with van der Waals surface area (Å²) < 4.78 is 21.6. The summed E-state index contributed by atoms with van der Waals surface area (Å²) in [5.74, 6) is 0.127. The fourth-order valence-electron chi connectivity index (χ4n) is 2.22. The maximum atomic E-state index is 11.3. The van der Waals surface area contributed by atoms with Crippen LogP contribution in [0.5, 0.6) is 11.5 Å². The van der Waals surface area contributed by atoms with Crippen LogP contribution in [0.2, 0.25) is 0 Å². The van der Waals surface area contributed by atoms with Gasteiger partial charge in [-0.25, -0.2) is 4.79 Å². The molecule has 0 fully saturated rings. The van der Waals surface area contributed by atoms with Crippen LogP contribution in [0.4, 0.5) is 0 Å². The minimum atomic E-state index is -0.976. The van der Waals surface area contributed by atoms with Crippen molar-refractivity contribution in [1.82, 2.24) is 0 Å². The van der Waals surface area contributed by atoms with Crippen LogP contribution in [0.3, 0.4) is 0 Å². The molecule has 0 atom stereocenters. The van der Waals surface area contributed by atoms with E-state index in [0.29, 0.717) is 43.3 Å². The Morgan fingerprint density at radius 2 is 1.95 bits per heavy atom. The van der Waals surface area contributed by atoms with Gasteiger partial charge < -0.3 is 24.1 Å². The zero-order chi connectivity index (χ0) is 15.8. The molecule has 1 aliphatic rings. The van der Waals surface area contributed by atoms with E-state index in [0.717, 1.165) is 19.4 Å². The summed E-state index contributed by atoms with van der Waals surface area (Å²) >= 11 is 0. The van der Waals surface area contributed by atoms with E-state index < -0.39 is 5.97 Å². The highest BCUT2D eigenvalue weighted by molar-refractivity contribution is 5.91. The summed E-state index contributed by atoms with van der Waals surface area (Å²) in [7, 11) is 0. The maximum absolute atomic E-state index is 11.3. The fraction of sp³-hybridized carbons (Fsp3) is 0.562. The van der Waals surface area contributed by atoms with Gasteiger partial charge in [0.05, 0.1) is 25.4 Å². The molecule has 0 bridgehead atoms. The highest BCUT2D eigenvalue weighted by Crippen LogP contribution is 2.37. The van der Waals surface area contributed by atoms with Crippen LogP contribution in [-0.2, 0) is 15.9 Å². The van der Waals surface area contributed by atoms with Gasteiger partial charge in [-0.1, -0.05) is 13.3 Å². The van der Waals surface area contributed by atoms with E-state index in [1.54, 1.807) is 12.1 Å². The number of carbonyl (C=O) groups is 1. The number of unbranched alkanes of at least 4 members (excludes halogenated alkanes) is 1. The van der Waals surface area contributed by atoms with Gasteiger partial charge in [0.25, 0.3) is 0 Å². The van der Waals surface area contributed by atoms with Gasteiger partial charge in [-0.2, -0.15) is 0 Å². The van der Waals surface area contributed by atoms with Crippen LogP contribution in [0, 0.1) is 0 Å². The van der Waals surface area contributed by atoms with Gasteiger partial charge in [-0.3, -0.25) is 0 Å². The fourth-order valence-corrected chi connectivity index (χ4v) is 2.22. The number of fused-ring (bicyclic) bond motifs is 1. The molecular formula is C16H22O6. The number of benzene rings is 1. The van der Waals surface area contributed by atoms with Crippen molar-refractivity contribution in [1.29, 1.82) is 0 Å². The molecule has 0 saturated carbocycles. The summed E-state index contributed by atoms with van der Waals surface area (Å²) in [6.07, 6.45) is 2.62. The Kier molecular flexibility index (Phi) is 6.48. The van der Waals surface area contributed by atoms with E-state index >= 15 is 0 Å². The minimum absolute atomic E-state index is 0.123. The molecule has 2 rings (SSSR count). The second-order valence-corrected chi connectivity index (χ2v) is 4.96. The Bertz CT molecular complexity index is 500. The summed E-state index contributed by atoms with van der Waals surface area (Å²) in [6.45, 7) is 4.45. The molecule has 0 spiro atoms. The van der Waals surface area contributed by atoms with Gasteiger partial charge in [0, 0.05) is 18.6 Å². The quantitative estimate of drug-likeness (QED) is 0.669. The first-order valence-corrected chi connectivity index (χ1v) is 7.54. The number of ether oxygens (including phenoxy) is 4. The van der Waals surface area contributed by atoms with E-state index in [2.05, 4.69) is 6.92 Å². The van der Waals surface area contributed by atoms with E-state index in [-0.39, 0.29) is 12.4 Å². The van der Waals surface area contributed by atoms with Crippen LogP contribution in [-0.4, -0.2) is 44.3 Å². The summed E-state index contributed by atoms with van der Waals surface area (Å²) in [5.41, 5.74) is 0.849. The summed E-state index contributed by atoms with van der Waals surface area (Å²) in [5, 5.41) is 9.26. The molecular weight excluding hydrogens is 288 g/mol. The highest BCUT2D eigenvalue weighted by atomic mass is 16.7. The van der Waals surface area contributed by atoms with Crippen LogP contribution in [0.15, 0.2) is 12.1 Å². The lowest BCUT2D eigenvalue weighted by molar-refractivity contribution is 0.0475. The van der Waals surface area contributed by atoms with E-state index in [4.69, 9.17) is 18.9 Å². The van der Waals surface area contributed by atoms with E-state index in [1.807, 2.05) is 0 Å². The molecule has 0 saturated heterocycles. The largest absolute Gasteiger partial charge is 0.478 e. The van der Waals surface area contributed by atoms with Gasteiger partial charge in [0.1, 0.15) is 0 Å². The van der Waals surface area contributed by atoms with Gasteiger partial charge in [0.15, 0.2) is 11.5 Å². The Hall–Kier alpha value is -1.79. The van der Waals surface area contributed by atoms with Crippen molar-refractivity contribution in [2.75, 3.05) is 33.2 Å². The van der Waals surface area contributed by atoms with Crippen LogP contribution >= 0.6 is 0 Å². The molecule has 1 aliphatic heterocycles. The third kappa shape index (κ3) is 4.35. The molecule has 0 aliphatic carbocycles. The maximum Gasteiger partial charge on any atom is 0.336 e.